The number of carbonyl (C=O) groups excluding carboxylic acids is 1. The Labute approximate surface area is 162 Å². The molecular formula is C22H18N4O2. The molecule has 2 aromatic heterocycles. The topological polar surface area (TPSA) is 87.8 Å². The summed E-state index contributed by atoms with van der Waals surface area (Å²) in [6.45, 7) is 1.96. The highest BCUT2D eigenvalue weighted by molar-refractivity contribution is 6.12. The summed E-state index contributed by atoms with van der Waals surface area (Å²) in [5, 5.41) is 15.8. The zero-order valence-electron chi connectivity index (χ0n) is 15.2. The van der Waals surface area contributed by atoms with E-state index >= 15 is 0 Å². The number of rotatable bonds is 4. The zero-order chi connectivity index (χ0) is 19.7. The summed E-state index contributed by atoms with van der Waals surface area (Å²) >= 11 is 0. The van der Waals surface area contributed by atoms with E-state index in [0.29, 0.717) is 16.9 Å². The molecular weight excluding hydrogens is 352 g/mol. The Hall–Kier alpha value is -3.93. The van der Waals surface area contributed by atoms with Crippen LogP contribution in [-0.2, 0) is 0 Å². The maximum Gasteiger partial charge on any atom is 0.198 e. The number of nitrogen functional groups attached to an aromatic ring is 1. The molecule has 6 heteroatoms. The minimum Gasteiger partial charge on any atom is -0.619 e. The Balaban J connectivity index is 1.71. The van der Waals surface area contributed by atoms with Crippen LogP contribution in [0, 0.1) is 12.1 Å². The Morgan fingerprint density at radius 2 is 1.86 bits per heavy atom. The molecule has 0 spiro atoms. The quantitative estimate of drug-likeness (QED) is 0.339. The minimum absolute atomic E-state index is 0.217. The summed E-state index contributed by atoms with van der Waals surface area (Å²) in [6, 6.07) is 18.3. The zero-order valence-corrected chi connectivity index (χ0v) is 15.2. The van der Waals surface area contributed by atoms with Crippen LogP contribution < -0.4 is 10.5 Å². The first kappa shape index (κ1) is 17.5. The molecule has 0 radical (unpaired) electrons. The first-order chi connectivity index (χ1) is 13.5. The second kappa shape index (κ2) is 7.00. The lowest BCUT2D eigenvalue weighted by atomic mass is 10.00. The van der Waals surface area contributed by atoms with Crippen LogP contribution in [0.15, 0.2) is 79.3 Å². The number of anilines is 1. The number of hydrogen-bond donors (Lipinski definition) is 1. The van der Waals surface area contributed by atoms with E-state index in [1.807, 2.05) is 43.3 Å². The van der Waals surface area contributed by atoms with Gasteiger partial charge in [-0.3, -0.25) is 4.79 Å². The van der Waals surface area contributed by atoms with Gasteiger partial charge in [-0.25, -0.2) is 4.68 Å². The molecule has 0 amide bonds. The average Bonchev–Trinajstić information content (AvgIpc) is 3.09. The Morgan fingerprint density at radius 3 is 2.64 bits per heavy atom. The summed E-state index contributed by atoms with van der Waals surface area (Å²) in [4.78, 5) is 13.0. The van der Waals surface area contributed by atoms with Crippen LogP contribution in [0.5, 0.6) is 0 Å². The van der Waals surface area contributed by atoms with Crippen molar-refractivity contribution in [3.8, 4) is 16.8 Å². The molecule has 2 aromatic carbocycles. The van der Waals surface area contributed by atoms with E-state index in [2.05, 4.69) is 5.10 Å². The van der Waals surface area contributed by atoms with Crippen molar-refractivity contribution < 1.29 is 9.52 Å². The molecule has 0 fully saturated rings. The maximum atomic E-state index is 13.0. The van der Waals surface area contributed by atoms with Crippen LogP contribution >= 0.6 is 0 Å². The molecule has 0 aliphatic heterocycles. The van der Waals surface area contributed by atoms with Crippen molar-refractivity contribution >= 4 is 11.6 Å². The van der Waals surface area contributed by atoms with E-state index in [-0.39, 0.29) is 5.78 Å². The Morgan fingerprint density at radius 1 is 1.07 bits per heavy atom. The van der Waals surface area contributed by atoms with Crippen molar-refractivity contribution in [3.05, 3.63) is 101 Å². The van der Waals surface area contributed by atoms with E-state index in [4.69, 9.17) is 5.73 Å². The van der Waals surface area contributed by atoms with Gasteiger partial charge < -0.3 is 10.9 Å². The molecule has 4 rings (SSSR count). The first-order valence-corrected chi connectivity index (χ1v) is 8.78. The number of nitrogens with two attached hydrogens (primary N) is 1. The second-order valence-electron chi connectivity index (χ2n) is 6.50. The van der Waals surface area contributed by atoms with Gasteiger partial charge in [0.05, 0.1) is 17.4 Å². The number of nitrogens with zero attached hydrogens (tertiary/aromatic N) is 3. The van der Waals surface area contributed by atoms with E-state index < -0.39 is 0 Å². The fourth-order valence-corrected chi connectivity index (χ4v) is 3.15. The van der Waals surface area contributed by atoms with Crippen LogP contribution in [-0.4, -0.2) is 15.6 Å². The predicted molar refractivity (Wildman–Crippen MR) is 107 cm³/mol. The highest BCUT2D eigenvalue weighted by Gasteiger charge is 2.19. The maximum absolute atomic E-state index is 13.0. The number of aromatic nitrogens is 3. The lowest BCUT2D eigenvalue weighted by Crippen LogP contribution is -2.23. The number of benzene rings is 2. The van der Waals surface area contributed by atoms with Crippen molar-refractivity contribution in [1.82, 2.24) is 9.78 Å². The van der Waals surface area contributed by atoms with Crippen LogP contribution in [0.1, 0.15) is 21.5 Å². The lowest BCUT2D eigenvalue weighted by Gasteiger charge is -2.08. The van der Waals surface area contributed by atoms with E-state index in [1.165, 1.54) is 18.6 Å². The summed E-state index contributed by atoms with van der Waals surface area (Å²) < 4.78 is 2.30. The van der Waals surface area contributed by atoms with Crippen molar-refractivity contribution in [3.63, 3.8) is 0 Å². The van der Waals surface area contributed by atoms with Gasteiger partial charge in [0.1, 0.15) is 5.82 Å². The van der Waals surface area contributed by atoms with E-state index in [9.17, 15) is 10.0 Å². The van der Waals surface area contributed by atoms with Gasteiger partial charge in [0.2, 0.25) is 0 Å². The Kier molecular flexibility index (Phi) is 4.37. The molecule has 138 valence electrons. The summed E-state index contributed by atoms with van der Waals surface area (Å²) in [5.74, 6) is 0.0759. The molecule has 0 atom stereocenters. The number of para-hydroxylation sites is 1. The lowest BCUT2D eigenvalue weighted by molar-refractivity contribution is -0.604. The third-order valence-corrected chi connectivity index (χ3v) is 4.63. The molecule has 0 saturated carbocycles. The van der Waals surface area contributed by atoms with Crippen LogP contribution in [0.3, 0.4) is 0 Å². The molecule has 2 N–H and O–H groups in total. The molecule has 2 heterocycles. The van der Waals surface area contributed by atoms with Gasteiger partial charge in [-0.05, 0) is 36.2 Å². The predicted octanol–water partition coefficient (Wildman–Crippen LogP) is 3.29. The molecule has 4 aromatic rings. The van der Waals surface area contributed by atoms with Crippen molar-refractivity contribution in [2.45, 2.75) is 6.92 Å². The van der Waals surface area contributed by atoms with Crippen molar-refractivity contribution in [2.75, 3.05) is 5.73 Å². The van der Waals surface area contributed by atoms with Gasteiger partial charge >= 0.3 is 0 Å². The van der Waals surface area contributed by atoms with Crippen molar-refractivity contribution in [1.29, 1.82) is 0 Å². The highest BCUT2D eigenvalue weighted by Crippen LogP contribution is 2.24. The largest absolute Gasteiger partial charge is 0.619 e. The summed E-state index contributed by atoms with van der Waals surface area (Å²) in [7, 11) is 0. The third-order valence-electron chi connectivity index (χ3n) is 4.63. The number of pyridine rings is 1. The highest BCUT2D eigenvalue weighted by atomic mass is 16.5. The second-order valence-corrected chi connectivity index (χ2v) is 6.50. The molecule has 28 heavy (non-hydrogen) atoms. The molecule has 0 saturated heterocycles. The van der Waals surface area contributed by atoms with Gasteiger partial charge in [0.15, 0.2) is 18.2 Å². The summed E-state index contributed by atoms with van der Waals surface area (Å²) in [5.41, 5.74) is 10.4. The molecule has 0 bridgehead atoms. The normalized spacial score (nSPS) is 10.8. The summed E-state index contributed by atoms with van der Waals surface area (Å²) in [6.07, 6.45) is 4.37. The van der Waals surface area contributed by atoms with Gasteiger partial charge in [0.25, 0.3) is 0 Å². The van der Waals surface area contributed by atoms with E-state index in [1.54, 1.807) is 28.9 Å². The molecule has 6 nitrogen and oxygen atoms in total. The standard InChI is InChI=1S/C22H18N4O2/c1-15-6-2-3-10-20(15)26-22(23)19(13-24-26)21(27)17-8-4-7-16(12-17)18-9-5-11-25(28)14-18/h2-14H,23H2,1H3. The number of ketones is 1. The number of aryl methyl sites for hydroxylation is 1. The van der Waals surface area contributed by atoms with Crippen molar-refractivity contribution in [2.24, 2.45) is 0 Å². The molecule has 0 aliphatic carbocycles. The molecule has 0 aliphatic rings. The average molecular weight is 370 g/mol. The smallest absolute Gasteiger partial charge is 0.198 e. The Bertz CT molecular complexity index is 1180. The minimum atomic E-state index is -0.217. The van der Waals surface area contributed by atoms with Gasteiger partial charge in [-0.1, -0.05) is 36.4 Å². The van der Waals surface area contributed by atoms with Gasteiger partial charge in [-0.15, -0.1) is 0 Å². The first-order valence-electron chi connectivity index (χ1n) is 8.78. The number of hydrogen-bond acceptors (Lipinski definition) is 4. The number of carbonyl (C=O) groups is 1. The molecule has 0 unspecified atom stereocenters. The van der Waals surface area contributed by atoms with Gasteiger partial charge in [0, 0.05) is 17.2 Å². The van der Waals surface area contributed by atoms with Crippen LogP contribution in [0.4, 0.5) is 5.82 Å². The monoisotopic (exact) mass is 370 g/mol. The van der Waals surface area contributed by atoms with Crippen LogP contribution in [0.2, 0.25) is 0 Å². The fourth-order valence-electron chi connectivity index (χ4n) is 3.15. The third kappa shape index (κ3) is 3.12. The van der Waals surface area contributed by atoms with Crippen LogP contribution in [0.25, 0.3) is 16.8 Å². The van der Waals surface area contributed by atoms with E-state index in [0.717, 1.165) is 27.1 Å². The SMILES string of the molecule is Cc1ccccc1-n1ncc(C(=O)c2cccc(-c3ccc[n+]([O-])c3)c2)c1N. The van der Waals surface area contributed by atoms with Gasteiger partial charge in [-0.2, -0.15) is 9.83 Å². The fraction of sp³-hybridized carbons (Fsp3) is 0.0455.